The van der Waals surface area contributed by atoms with Gasteiger partial charge in [0.25, 0.3) is 10.2 Å². The smallest absolute Gasteiger partial charge is 0.402 e. The normalized spacial score (nSPS) is 21.7. The summed E-state index contributed by atoms with van der Waals surface area (Å²) >= 11 is 0. The zero-order valence-electron chi connectivity index (χ0n) is 11.6. The average molecular weight is 332 g/mol. The first kappa shape index (κ1) is 18.2. The molecule has 1 atom stereocenters. The lowest BCUT2D eigenvalue weighted by Gasteiger charge is -2.36. The second-order valence-electron chi connectivity index (χ2n) is 4.92. The van der Waals surface area contributed by atoms with E-state index in [9.17, 15) is 26.4 Å². The number of halogens is 3. The number of alkyl halides is 3. The summed E-state index contributed by atoms with van der Waals surface area (Å²) in [7, 11) is -4.45. The van der Waals surface area contributed by atoms with Crippen molar-refractivity contribution in [1.82, 2.24) is 8.61 Å². The second kappa shape index (κ2) is 6.93. The van der Waals surface area contributed by atoms with E-state index in [2.05, 4.69) is 0 Å². The van der Waals surface area contributed by atoms with E-state index in [0.717, 1.165) is 0 Å². The summed E-state index contributed by atoms with van der Waals surface area (Å²) in [5, 5.41) is 9.07. The van der Waals surface area contributed by atoms with Gasteiger partial charge in [0, 0.05) is 13.1 Å². The zero-order valence-corrected chi connectivity index (χ0v) is 12.5. The van der Waals surface area contributed by atoms with E-state index in [-0.39, 0.29) is 25.9 Å². The van der Waals surface area contributed by atoms with E-state index in [0.29, 0.717) is 21.5 Å². The number of carboxylic acids is 1. The Morgan fingerprint density at radius 2 is 2.00 bits per heavy atom. The quantitative estimate of drug-likeness (QED) is 0.798. The Labute approximate surface area is 121 Å². The van der Waals surface area contributed by atoms with Gasteiger partial charge >= 0.3 is 12.1 Å². The first-order valence-electron chi connectivity index (χ1n) is 6.66. The van der Waals surface area contributed by atoms with Crippen molar-refractivity contribution in [3.63, 3.8) is 0 Å². The highest BCUT2D eigenvalue weighted by atomic mass is 32.2. The van der Waals surface area contributed by atoms with E-state index < -0.39 is 34.9 Å². The summed E-state index contributed by atoms with van der Waals surface area (Å²) in [6, 6.07) is -1.30. The molecule has 1 aliphatic heterocycles. The summed E-state index contributed by atoms with van der Waals surface area (Å²) in [6.07, 6.45) is -3.37. The van der Waals surface area contributed by atoms with E-state index in [4.69, 9.17) is 5.11 Å². The topological polar surface area (TPSA) is 77.9 Å². The Balaban J connectivity index is 3.05. The molecule has 0 aliphatic carbocycles. The molecule has 0 aromatic heterocycles. The van der Waals surface area contributed by atoms with Gasteiger partial charge in [-0.15, -0.1) is 0 Å². The lowest BCUT2D eigenvalue weighted by Crippen LogP contribution is -2.55. The van der Waals surface area contributed by atoms with Crippen molar-refractivity contribution in [2.45, 2.75) is 44.8 Å². The maximum atomic E-state index is 12.5. The van der Waals surface area contributed by atoms with Gasteiger partial charge in [-0.05, 0) is 25.7 Å². The number of aliphatic carboxylic acids is 1. The minimum atomic E-state index is -4.67. The lowest BCUT2D eigenvalue weighted by atomic mass is 10.1. The molecule has 1 saturated heterocycles. The first-order valence-corrected chi connectivity index (χ1v) is 8.05. The van der Waals surface area contributed by atoms with Gasteiger partial charge in [-0.3, -0.25) is 4.79 Å². The predicted molar refractivity (Wildman–Crippen MR) is 68.8 cm³/mol. The van der Waals surface area contributed by atoms with Crippen LogP contribution in [0.4, 0.5) is 13.2 Å². The van der Waals surface area contributed by atoms with Crippen LogP contribution in [0.2, 0.25) is 0 Å². The average Bonchev–Trinajstić information content (AvgIpc) is 2.36. The Morgan fingerprint density at radius 1 is 1.38 bits per heavy atom. The van der Waals surface area contributed by atoms with Gasteiger partial charge in [0.1, 0.15) is 12.6 Å². The third-order valence-corrected chi connectivity index (χ3v) is 5.18. The van der Waals surface area contributed by atoms with Crippen LogP contribution in [0.5, 0.6) is 0 Å². The third-order valence-electron chi connectivity index (χ3n) is 3.19. The standard InChI is InChI=1S/C11H19F3N2O4S/c1-2-6-15(8-11(12,13)14)21(19,20)16-7-4-3-5-9(16)10(17)18/h9H,2-8H2,1H3,(H,17,18). The molecule has 6 nitrogen and oxygen atoms in total. The van der Waals surface area contributed by atoms with Gasteiger partial charge in [-0.1, -0.05) is 6.92 Å². The number of hydrogen-bond donors (Lipinski definition) is 1. The highest BCUT2D eigenvalue weighted by molar-refractivity contribution is 7.86. The van der Waals surface area contributed by atoms with Gasteiger partial charge < -0.3 is 5.11 Å². The molecule has 0 bridgehead atoms. The van der Waals surface area contributed by atoms with Gasteiger partial charge in [-0.25, -0.2) is 0 Å². The summed E-state index contributed by atoms with van der Waals surface area (Å²) in [5.74, 6) is -1.33. The molecule has 1 unspecified atom stereocenters. The predicted octanol–water partition coefficient (Wildman–Crippen LogP) is 1.44. The van der Waals surface area contributed by atoms with Crippen LogP contribution in [0.3, 0.4) is 0 Å². The highest BCUT2D eigenvalue weighted by Crippen LogP contribution is 2.26. The Bertz CT molecular complexity index is 467. The van der Waals surface area contributed by atoms with Gasteiger partial charge in [0.15, 0.2) is 0 Å². The maximum absolute atomic E-state index is 12.5. The van der Waals surface area contributed by atoms with Gasteiger partial charge in [0.05, 0.1) is 0 Å². The molecular weight excluding hydrogens is 313 g/mol. The second-order valence-corrected chi connectivity index (χ2v) is 6.80. The number of carbonyl (C=O) groups is 1. The van der Waals surface area contributed by atoms with E-state index >= 15 is 0 Å². The van der Waals surface area contributed by atoms with E-state index in [1.54, 1.807) is 6.92 Å². The van der Waals surface area contributed by atoms with Crippen LogP contribution in [-0.2, 0) is 15.0 Å². The molecule has 0 aromatic rings. The minimum absolute atomic E-state index is 0.0721. The summed E-state index contributed by atoms with van der Waals surface area (Å²) < 4.78 is 63.3. The molecule has 124 valence electrons. The zero-order chi connectivity index (χ0) is 16.3. The van der Waals surface area contributed by atoms with Crippen LogP contribution < -0.4 is 0 Å². The number of nitrogens with zero attached hydrogens (tertiary/aromatic N) is 2. The summed E-state index contributed by atoms with van der Waals surface area (Å²) in [4.78, 5) is 11.1. The molecule has 0 spiro atoms. The molecule has 0 amide bonds. The minimum Gasteiger partial charge on any atom is -0.480 e. The molecule has 10 heteroatoms. The maximum Gasteiger partial charge on any atom is 0.402 e. The SMILES string of the molecule is CCCN(CC(F)(F)F)S(=O)(=O)N1CCCCC1C(=O)O. The lowest BCUT2D eigenvalue weighted by molar-refractivity contribution is -0.142. The van der Waals surface area contributed by atoms with Gasteiger partial charge in [0.2, 0.25) is 0 Å². The molecule has 1 fully saturated rings. The molecule has 0 aromatic carbocycles. The van der Waals surface area contributed by atoms with Crippen LogP contribution in [0, 0.1) is 0 Å². The molecule has 0 saturated carbocycles. The van der Waals surface area contributed by atoms with Crippen molar-refractivity contribution >= 4 is 16.2 Å². The Hall–Kier alpha value is -0.870. The molecular formula is C11H19F3N2O4S. The van der Waals surface area contributed by atoms with Crippen molar-refractivity contribution in [3.05, 3.63) is 0 Å². The monoisotopic (exact) mass is 332 g/mol. The van der Waals surface area contributed by atoms with Crippen molar-refractivity contribution in [3.8, 4) is 0 Å². The van der Waals surface area contributed by atoms with Crippen molar-refractivity contribution in [1.29, 1.82) is 0 Å². The molecule has 1 heterocycles. The van der Waals surface area contributed by atoms with Crippen molar-refractivity contribution in [2.24, 2.45) is 0 Å². The van der Waals surface area contributed by atoms with Crippen molar-refractivity contribution in [2.75, 3.05) is 19.6 Å². The fourth-order valence-corrected chi connectivity index (χ4v) is 4.20. The molecule has 21 heavy (non-hydrogen) atoms. The number of carboxylic acid groups (broad SMARTS) is 1. The van der Waals surface area contributed by atoms with Crippen LogP contribution in [0.25, 0.3) is 0 Å². The first-order chi connectivity index (χ1) is 9.59. The number of hydrogen-bond acceptors (Lipinski definition) is 3. The third kappa shape index (κ3) is 4.82. The van der Waals surface area contributed by atoms with Crippen LogP contribution in [-0.4, -0.2) is 60.0 Å². The summed E-state index contributed by atoms with van der Waals surface area (Å²) in [6.45, 7) is -0.419. The fourth-order valence-electron chi connectivity index (χ4n) is 2.30. The van der Waals surface area contributed by atoms with E-state index in [1.807, 2.05) is 0 Å². The number of rotatable bonds is 6. The van der Waals surface area contributed by atoms with Gasteiger partial charge in [-0.2, -0.15) is 30.2 Å². The highest BCUT2D eigenvalue weighted by Gasteiger charge is 2.43. The van der Waals surface area contributed by atoms with Crippen LogP contribution in [0.1, 0.15) is 32.6 Å². The molecule has 0 radical (unpaired) electrons. The Morgan fingerprint density at radius 3 is 2.48 bits per heavy atom. The van der Waals surface area contributed by atoms with Crippen molar-refractivity contribution < 1.29 is 31.5 Å². The van der Waals surface area contributed by atoms with E-state index in [1.165, 1.54) is 0 Å². The molecule has 1 N–H and O–H groups in total. The molecule has 1 rings (SSSR count). The molecule has 1 aliphatic rings. The Kier molecular flexibility index (Phi) is 6.00. The fraction of sp³-hybridized carbons (Fsp3) is 0.909. The van der Waals surface area contributed by atoms with Crippen LogP contribution in [0.15, 0.2) is 0 Å². The van der Waals surface area contributed by atoms with Crippen LogP contribution >= 0.6 is 0 Å². The number of piperidine rings is 1. The summed E-state index contributed by atoms with van der Waals surface area (Å²) in [5.41, 5.74) is 0. The largest absolute Gasteiger partial charge is 0.480 e.